The SMILES string of the molecule is CCCNCc1ccc(-c2ccoc2)o1. The van der Waals surface area contributed by atoms with Gasteiger partial charge in [0.1, 0.15) is 17.8 Å². The molecule has 0 fully saturated rings. The van der Waals surface area contributed by atoms with E-state index in [-0.39, 0.29) is 0 Å². The van der Waals surface area contributed by atoms with Gasteiger partial charge in [0.05, 0.1) is 18.4 Å². The highest BCUT2D eigenvalue weighted by molar-refractivity contribution is 5.55. The maximum absolute atomic E-state index is 5.65. The van der Waals surface area contributed by atoms with Crippen molar-refractivity contribution in [3.05, 3.63) is 36.5 Å². The van der Waals surface area contributed by atoms with Gasteiger partial charge in [-0.1, -0.05) is 6.92 Å². The summed E-state index contributed by atoms with van der Waals surface area (Å²) in [7, 11) is 0. The molecular weight excluding hydrogens is 190 g/mol. The predicted octanol–water partition coefficient (Wildman–Crippen LogP) is 3.04. The smallest absolute Gasteiger partial charge is 0.137 e. The Balaban J connectivity index is 1.98. The molecule has 0 saturated heterocycles. The lowest BCUT2D eigenvalue weighted by Gasteiger charge is -1.98. The maximum Gasteiger partial charge on any atom is 0.137 e. The van der Waals surface area contributed by atoms with Crippen LogP contribution in [0, 0.1) is 0 Å². The second kappa shape index (κ2) is 4.84. The Bertz CT molecular complexity index is 389. The first-order chi connectivity index (χ1) is 7.40. The second-order valence-electron chi connectivity index (χ2n) is 3.45. The van der Waals surface area contributed by atoms with Crippen LogP contribution in [0.1, 0.15) is 19.1 Å². The molecule has 3 nitrogen and oxygen atoms in total. The molecule has 0 aromatic carbocycles. The van der Waals surface area contributed by atoms with E-state index in [1.807, 2.05) is 18.2 Å². The minimum atomic E-state index is 0.783. The standard InChI is InChI=1S/C12H15NO2/c1-2-6-13-8-11-3-4-12(15-11)10-5-7-14-9-10/h3-5,7,9,13H,2,6,8H2,1H3. The molecule has 0 aliphatic heterocycles. The average molecular weight is 205 g/mol. The molecule has 0 radical (unpaired) electrons. The summed E-state index contributed by atoms with van der Waals surface area (Å²) >= 11 is 0. The molecule has 2 aromatic rings. The van der Waals surface area contributed by atoms with E-state index in [1.54, 1.807) is 12.5 Å². The highest BCUT2D eigenvalue weighted by atomic mass is 16.3. The zero-order chi connectivity index (χ0) is 10.5. The third-order valence-corrected chi connectivity index (χ3v) is 2.19. The van der Waals surface area contributed by atoms with E-state index in [4.69, 9.17) is 8.83 Å². The van der Waals surface area contributed by atoms with Crippen LogP contribution in [0.15, 0.2) is 39.6 Å². The van der Waals surface area contributed by atoms with Crippen molar-refractivity contribution >= 4 is 0 Å². The molecule has 0 spiro atoms. The lowest BCUT2D eigenvalue weighted by molar-refractivity contribution is 0.492. The second-order valence-corrected chi connectivity index (χ2v) is 3.45. The minimum Gasteiger partial charge on any atom is -0.472 e. The van der Waals surface area contributed by atoms with Crippen molar-refractivity contribution in [3.63, 3.8) is 0 Å². The summed E-state index contributed by atoms with van der Waals surface area (Å²) in [4.78, 5) is 0. The average Bonchev–Trinajstić information content (AvgIpc) is 2.87. The van der Waals surface area contributed by atoms with E-state index in [9.17, 15) is 0 Å². The summed E-state index contributed by atoms with van der Waals surface area (Å²) in [5.41, 5.74) is 0.983. The third kappa shape index (κ3) is 2.50. The summed E-state index contributed by atoms with van der Waals surface area (Å²) in [6.07, 6.45) is 4.46. The number of rotatable bonds is 5. The van der Waals surface area contributed by atoms with Crippen LogP contribution in [0.4, 0.5) is 0 Å². The summed E-state index contributed by atoms with van der Waals surface area (Å²) in [5.74, 6) is 1.82. The Hall–Kier alpha value is -1.48. The molecule has 1 N–H and O–H groups in total. The first-order valence-electron chi connectivity index (χ1n) is 5.22. The maximum atomic E-state index is 5.65. The van der Waals surface area contributed by atoms with Crippen molar-refractivity contribution in [1.82, 2.24) is 5.32 Å². The highest BCUT2D eigenvalue weighted by Crippen LogP contribution is 2.22. The normalized spacial score (nSPS) is 10.7. The molecule has 80 valence electrons. The molecule has 15 heavy (non-hydrogen) atoms. The zero-order valence-corrected chi connectivity index (χ0v) is 8.82. The molecule has 0 amide bonds. The van der Waals surface area contributed by atoms with Crippen molar-refractivity contribution in [2.24, 2.45) is 0 Å². The van der Waals surface area contributed by atoms with Crippen LogP contribution in [-0.2, 0) is 6.54 Å². The first-order valence-corrected chi connectivity index (χ1v) is 5.22. The summed E-state index contributed by atoms with van der Waals surface area (Å²) in [5, 5.41) is 3.29. The Kier molecular flexibility index (Phi) is 3.25. The van der Waals surface area contributed by atoms with Gasteiger partial charge in [0.15, 0.2) is 0 Å². The van der Waals surface area contributed by atoms with E-state index in [0.717, 1.165) is 36.6 Å². The lowest BCUT2D eigenvalue weighted by Crippen LogP contribution is -2.12. The summed E-state index contributed by atoms with van der Waals surface area (Å²) in [6, 6.07) is 5.85. The van der Waals surface area contributed by atoms with Gasteiger partial charge >= 0.3 is 0 Å². The molecule has 0 atom stereocenters. The summed E-state index contributed by atoms with van der Waals surface area (Å²) < 4.78 is 10.7. The van der Waals surface area contributed by atoms with E-state index < -0.39 is 0 Å². The quantitative estimate of drug-likeness (QED) is 0.762. The van der Waals surface area contributed by atoms with E-state index >= 15 is 0 Å². The van der Waals surface area contributed by atoms with Crippen molar-refractivity contribution in [2.75, 3.05) is 6.54 Å². The van der Waals surface area contributed by atoms with Gasteiger partial charge in [-0.2, -0.15) is 0 Å². The van der Waals surface area contributed by atoms with Crippen LogP contribution in [-0.4, -0.2) is 6.54 Å². The topological polar surface area (TPSA) is 38.3 Å². The van der Waals surface area contributed by atoms with Crippen LogP contribution >= 0.6 is 0 Å². The monoisotopic (exact) mass is 205 g/mol. The fourth-order valence-corrected chi connectivity index (χ4v) is 1.42. The molecule has 2 aromatic heterocycles. The minimum absolute atomic E-state index is 0.783. The Labute approximate surface area is 89.1 Å². The number of hydrogen-bond donors (Lipinski definition) is 1. The van der Waals surface area contributed by atoms with Gasteiger partial charge in [0.25, 0.3) is 0 Å². The Morgan fingerprint density at radius 2 is 2.20 bits per heavy atom. The predicted molar refractivity (Wildman–Crippen MR) is 58.4 cm³/mol. The number of furan rings is 2. The van der Waals surface area contributed by atoms with Gasteiger partial charge < -0.3 is 14.2 Å². The molecule has 0 aliphatic rings. The van der Waals surface area contributed by atoms with Gasteiger partial charge in [-0.15, -0.1) is 0 Å². The van der Waals surface area contributed by atoms with E-state index in [0.29, 0.717) is 0 Å². The van der Waals surface area contributed by atoms with Gasteiger partial charge in [0.2, 0.25) is 0 Å². The largest absolute Gasteiger partial charge is 0.472 e. The number of nitrogens with one attached hydrogen (secondary N) is 1. The fraction of sp³-hybridized carbons (Fsp3) is 0.333. The Morgan fingerprint density at radius 3 is 2.93 bits per heavy atom. The molecule has 2 rings (SSSR count). The highest BCUT2D eigenvalue weighted by Gasteiger charge is 2.04. The third-order valence-electron chi connectivity index (χ3n) is 2.19. The van der Waals surface area contributed by atoms with E-state index in [1.165, 1.54) is 0 Å². The van der Waals surface area contributed by atoms with Crippen molar-refractivity contribution in [3.8, 4) is 11.3 Å². The molecule has 3 heteroatoms. The van der Waals surface area contributed by atoms with Crippen LogP contribution in [0.5, 0.6) is 0 Å². The zero-order valence-electron chi connectivity index (χ0n) is 8.82. The Morgan fingerprint density at radius 1 is 1.27 bits per heavy atom. The fourth-order valence-electron chi connectivity index (χ4n) is 1.42. The molecule has 0 bridgehead atoms. The summed E-state index contributed by atoms with van der Waals surface area (Å²) in [6.45, 7) is 3.94. The van der Waals surface area contributed by atoms with Crippen molar-refractivity contribution in [1.29, 1.82) is 0 Å². The first kappa shape index (κ1) is 10.1. The van der Waals surface area contributed by atoms with Crippen LogP contribution < -0.4 is 5.32 Å². The molecule has 2 heterocycles. The van der Waals surface area contributed by atoms with Crippen LogP contribution in [0.25, 0.3) is 11.3 Å². The van der Waals surface area contributed by atoms with Gasteiger partial charge in [0, 0.05) is 0 Å². The van der Waals surface area contributed by atoms with E-state index in [2.05, 4.69) is 12.2 Å². The van der Waals surface area contributed by atoms with Crippen molar-refractivity contribution < 1.29 is 8.83 Å². The van der Waals surface area contributed by atoms with Crippen LogP contribution in [0.3, 0.4) is 0 Å². The van der Waals surface area contributed by atoms with Crippen molar-refractivity contribution in [2.45, 2.75) is 19.9 Å². The van der Waals surface area contributed by atoms with Gasteiger partial charge in [-0.25, -0.2) is 0 Å². The molecule has 0 saturated carbocycles. The number of hydrogen-bond acceptors (Lipinski definition) is 3. The van der Waals surface area contributed by atoms with Gasteiger partial charge in [-0.05, 0) is 31.2 Å². The van der Waals surface area contributed by atoms with Gasteiger partial charge in [-0.3, -0.25) is 0 Å². The van der Waals surface area contributed by atoms with Crippen LogP contribution in [0.2, 0.25) is 0 Å². The molecule has 0 aliphatic carbocycles. The molecular formula is C12H15NO2. The lowest BCUT2D eigenvalue weighted by atomic mass is 10.3. The molecule has 0 unspecified atom stereocenters.